The van der Waals surface area contributed by atoms with Crippen LogP contribution in [0.15, 0.2) is 48.5 Å². The van der Waals surface area contributed by atoms with Crippen LogP contribution >= 0.6 is 0 Å². The van der Waals surface area contributed by atoms with E-state index < -0.39 is 5.41 Å². The molecule has 4 rings (SSSR count). The molecule has 0 atom stereocenters. The molecular formula is C22H20O4. The molecule has 0 bridgehead atoms. The van der Waals surface area contributed by atoms with E-state index in [1.54, 1.807) is 12.1 Å². The largest absolute Gasteiger partial charge is 0.504 e. The molecule has 132 valence electrons. The molecule has 0 aliphatic heterocycles. The Hall–Kier alpha value is -3.14. The number of benzene rings is 3. The van der Waals surface area contributed by atoms with Crippen molar-refractivity contribution in [3.05, 3.63) is 70.8 Å². The fourth-order valence-electron chi connectivity index (χ4n) is 4.36. The molecule has 0 unspecified atom stereocenters. The molecule has 0 amide bonds. The maximum atomic E-state index is 10.2. The molecule has 0 radical (unpaired) electrons. The van der Waals surface area contributed by atoms with Crippen LogP contribution in [-0.2, 0) is 5.41 Å². The maximum Gasteiger partial charge on any atom is 0.158 e. The number of phenols is 4. The molecule has 0 saturated carbocycles. The number of fused-ring (bicyclic) bond motifs is 3. The van der Waals surface area contributed by atoms with E-state index in [0.717, 1.165) is 33.4 Å². The van der Waals surface area contributed by atoms with Crippen molar-refractivity contribution in [2.24, 2.45) is 0 Å². The van der Waals surface area contributed by atoms with Gasteiger partial charge in [-0.3, -0.25) is 0 Å². The third-order valence-corrected chi connectivity index (χ3v) is 5.57. The van der Waals surface area contributed by atoms with Gasteiger partial charge in [0.2, 0.25) is 0 Å². The lowest BCUT2D eigenvalue weighted by molar-refractivity contribution is 0.401. The number of rotatable bonds is 2. The molecule has 4 nitrogen and oxygen atoms in total. The van der Waals surface area contributed by atoms with Crippen LogP contribution in [0.5, 0.6) is 23.0 Å². The molecule has 0 heterocycles. The number of aromatic hydroxyl groups is 4. The fraction of sp³-hybridized carbons (Fsp3) is 0.182. The van der Waals surface area contributed by atoms with E-state index in [2.05, 4.69) is 6.92 Å². The second-order valence-corrected chi connectivity index (χ2v) is 6.85. The average Bonchev–Trinajstić information content (AvgIpc) is 2.86. The van der Waals surface area contributed by atoms with Gasteiger partial charge < -0.3 is 20.4 Å². The highest BCUT2D eigenvalue weighted by Crippen LogP contribution is 2.58. The van der Waals surface area contributed by atoms with Gasteiger partial charge in [-0.2, -0.15) is 0 Å². The van der Waals surface area contributed by atoms with Crippen LogP contribution in [-0.4, -0.2) is 20.4 Å². The number of hydrogen-bond acceptors (Lipinski definition) is 4. The molecule has 1 aliphatic rings. The lowest BCUT2D eigenvalue weighted by Gasteiger charge is -2.33. The fourth-order valence-corrected chi connectivity index (χ4v) is 4.36. The summed E-state index contributed by atoms with van der Waals surface area (Å²) < 4.78 is 0. The second-order valence-electron chi connectivity index (χ2n) is 6.85. The summed E-state index contributed by atoms with van der Waals surface area (Å²) in [6.45, 7) is 4.09. The third-order valence-electron chi connectivity index (χ3n) is 5.57. The van der Waals surface area contributed by atoms with Crippen LogP contribution in [0.1, 0.15) is 35.6 Å². The van der Waals surface area contributed by atoms with E-state index in [-0.39, 0.29) is 23.0 Å². The van der Waals surface area contributed by atoms with Crippen LogP contribution in [0, 0.1) is 6.92 Å². The smallest absolute Gasteiger partial charge is 0.158 e. The van der Waals surface area contributed by atoms with Crippen LogP contribution in [0.4, 0.5) is 0 Å². The van der Waals surface area contributed by atoms with Crippen molar-refractivity contribution in [1.29, 1.82) is 0 Å². The first-order chi connectivity index (χ1) is 12.4. The Balaban J connectivity index is 2.19. The minimum atomic E-state index is -0.591. The summed E-state index contributed by atoms with van der Waals surface area (Å²) >= 11 is 0. The number of aryl methyl sites for hydroxylation is 1. The van der Waals surface area contributed by atoms with Crippen LogP contribution in [0.25, 0.3) is 11.1 Å². The summed E-state index contributed by atoms with van der Waals surface area (Å²) in [5.41, 5.74) is 4.76. The Bertz CT molecular complexity index is 979. The van der Waals surface area contributed by atoms with Crippen molar-refractivity contribution >= 4 is 0 Å². The first kappa shape index (κ1) is 16.3. The van der Waals surface area contributed by atoms with E-state index in [9.17, 15) is 20.4 Å². The van der Waals surface area contributed by atoms with Gasteiger partial charge in [0.15, 0.2) is 23.0 Å². The van der Waals surface area contributed by atoms with E-state index in [1.807, 2.05) is 31.2 Å². The van der Waals surface area contributed by atoms with Gasteiger partial charge in [0.1, 0.15) is 0 Å². The molecule has 4 heteroatoms. The molecule has 3 aromatic rings. The van der Waals surface area contributed by atoms with Crippen molar-refractivity contribution < 1.29 is 20.4 Å². The van der Waals surface area contributed by atoms with Crippen molar-refractivity contribution in [1.82, 2.24) is 0 Å². The minimum Gasteiger partial charge on any atom is -0.504 e. The van der Waals surface area contributed by atoms with Crippen LogP contribution < -0.4 is 0 Å². The summed E-state index contributed by atoms with van der Waals surface area (Å²) in [6, 6.07) is 14.3. The third kappa shape index (κ3) is 1.96. The standard InChI is InChI=1S/C22H20O4/c1-3-22(15-7-5-4-6-12(15)2)16-10-20(25)18(23)8-13(16)14-9-19(24)21(26)11-17(14)22/h4-11,23-26H,3H2,1-2H3. The van der Waals surface area contributed by atoms with Gasteiger partial charge >= 0.3 is 0 Å². The molecule has 4 N–H and O–H groups in total. The van der Waals surface area contributed by atoms with Crippen molar-refractivity contribution in [2.45, 2.75) is 25.7 Å². The summed E-state index contributed by atoms with van der Waals surface area (Å²) in [7, 11) is 0. The molecule has 0 fully saturated rings. The monoisotopic (exact) mass is 348 g/mol. The van der Waals surface area contributed by atoms with Gasteiger partial charge in [-0.25, -0.2) is 0 Å². The molecule has 3 aromatic carbocycles. The van der Waals surface area contributed by atoms with Crippen LogP contribution in [0.3, 0.4) is 0 Å². The highest BCUT2D eigenvalue weighted by molar-refractivity contribution is 5.87. The number of hydrogen-bond donors (Lipinski definition) is 4. The maximum absolute atomic E-state index is 10.2. The molecule has 26 heavy (non-hydrogen) atoms. The first-order valence-corrected chi connectivity index (χ1v) is 8.59. The number of phenolic OH excluding ortho intramolecular Hbond substituents is 4. The van der Waals surface area contributed by atoms with E-state index in [4.69, 9.17) is 0 Å². The van der Waals surface area contributed by atoms with E-state index in [1.165, 1.54) is 12.1 Å². The minimum absolute atomic E-state index is 0.184. The summed E-state index contributed by atoms with van der Waals surface area (Å²) in [4.78, 5) is 0. The van der Waals surface area contributed by atoms with Gasteiger partial charge in [0.05, 0.1) is 0 Å². The zero-order valence-electron chi connectivity index (χ0n) is 14.6. The SMILES string of the molecule is CCC1(c2ccccc2C)c2cc(O)c(O)cc2-c2cc(O)c(O)cc21. The predicted octanol–water partition coefficient (Wildman–Crippen LogP) is 4.54. The van der Waals surface area contributed by atoms with Gasteiger partial charge in [-0.1, -0.05) is 31.2 Å². The Morgan fingerprint density at radius 2 is 1.15 bits per heavy atom. The van der Waals surface area contributed by atoms with Gasteiger partial charge in [0.25, 0.3) is 0 Å². The lowest BCUT2D eigenvalue weighted by atomic mass is 9.69. The lowest BCUT2D eigenvalue weighted by Crippen LogP contribution is -2.27. The Kier molecular flexibility index (Phi) is 3.41. The van der Waals surface area contributed by atoms with Crippen molar-refractivity contribution in [3.8, 4) is 34.1 Å². The highest BCUT2D eigenvalue weighted by Gasteiger charge is 2.45. The predicted molar refractivity (Wildman–Crippen MR) is 99.9 cm³/mol. The zero-order chi connectivity index (χ0) is 18.6. The van der Waals surface area contributed by atoms with Gasteiger partial charge in [0, 0.05) is 5.41 Å². The summed E-state index contributed by atoms with van der Waals surface area (Å²) in [5.74, 6) is -0.786. The topological polar surface area (TPSA) is 80.9 Å². The summed E-state index contributed by atoms with van der Waals surface area (Å²) in [6.07, 6.45) is 0.687. The second kappa shape index (κ2) is 5.43. The highest BCUT2D eigenvalue weighted by atomic mass is 16.3. The van der Waals surface area contributed by atoms with Crippen LogP contribution in [0.2, 0.25) is 0 Å². The van der Waals surface area contributed by atoms with Gasteiger partial charge in [-0.15, -0.1) is 0 Å². The Morgan fingerprint density at radius 3 is 1.62 bits per heavy atom. The van der Waals surface area contributed by atoms with Crippen molar-refractivity contribution in [2.75, 3.05) is 0 Å². The molecule has 0 saturated heterocycles. The van der Waals surface area contributed by atoms with Crippen molar-refractivity contribution in [3.63, 3.8) is 0 Å². The quantitative estimate of drug-likeness (QED) is 0.513. The average molecular weight is 348 g/mol. The van der Waals surface area contributed by atoms with E-state index in [0.29, 0.717) is 6.42 Å². The molecule has 1 aliphatic carbocycles. The normalized spacial score (nSPS) is 14.1. The summed E-state index contributed by atoms with van der Waals surface area (Å²) in [5, 5.41) is 40.4. The van der Waals surface area contributed by atoms with E-state index >= 15 is 0 Å². The molecule has 0 spiro atoms. The Labute approximate surface area is 151 Å². The Morgan fingerprint density at radius 1 is 0.692 bits per heavy atom. The molecular weight excluding hydrogens is 328 g/mol. The molecule has 0 aromatic heterocycles. The first-order valence-electron chi connectivity index (χ1n) is 8.59. The zero-order valence-corrected chi connectivity index (χ0v) is 14.6. The van der Waals surface area contributed by atoms with Gasteiger partial charge in [-0.05, 0) is 71.0 Å².